The molecule has 1 heterocycles. The van der Waals surface area contributed by atoms with Gasteiger partial charge in [0.15, 0.2) is 0 Å². The summed E-state index contributed by atoms with van der Waals surface area (Å²) in [6, 6.07) is 4.73. The SMILES string of the molecule is O=C(O)C1(C(=O)N2CCOc3cc(O)ccc3C2)CC1. The minimum absolute atomic E-state index is 0.104. The van der Waals surface area contributed by atoms with Crippen LogP contribution in [0.4, 0.5) is 0 Å². The smallest absolute Gasteiger partial charge is 0.319 e. The van der Waals surface area contributed by atoms with E-state index in [1.54, 1.807) is 6.07 Å². The number of benzene rings is 1. The molecular formula is C14H15NO5. The van der Waals surface area contributed by atoms with Gasteiger partial charge in [-0.25, -0.2) is 0 Å². The molecule has 0 aromatic heterocycles. The number of carboxylic acids is 1. The normalized spacial score (nSPS) is 19.5. The lowest BCUT2D eigenvalue weighted by Gasteiger charge is -2.23. The Kier molecular flexibility index (Phi) is 2.81. The summed E-state index contributed by atoms with van der Waals surface area (Å²) in [6.07, 6.45) is 0.807. The number of hydrogen-bond acceptors (Lipinski definition) is 4. The van der Waals surface area contributed by atoms with E-state index in [1.807, 2.05) is 0 Å². The predicted molar refractivity (Wildman–Crippen MR) is 68.3 cm³/mol. The number of phenolic OH excluding ortho intramolecular Hbond substituents is 1. The van der Waals surface area contributed by atoms with E-state index in [4.69, 9.17) is 4.74 Å². The second-order valence-electron chi connectivity index (χ2n) is 5.25. The molecule has 0 spiro atoms. The van der Waals surface area contributed by atoms with Gasteiger partial charge in [0.05, 0.1) is 6.54 Å². The monoisotopic (exact) mass is 277 g/mol. The Morgan fingerprint density at radius 3 is 2.70 bits per heavy atom. The van der Waals surface area contributed by atoms with Crippen LogP contribution in [0.1, 0.15) is 18.4 Å². The average Bonchev–Trinajstić information content (AvgIpc) is 3.21. The highest BCUT2D eigenvalue weighted by molar-refractivity contribution is 6.04. The summed E-state index contributed by atoms with van der Waals surface area (Å²) in [6.45, 7) is 0.949. The van der Waals surface area contributed by atoms with E-state index < -0.39 is 11.4 Å². The van der Waals surface area contributed by atoms with Crippen LogP contribution in [0.3, 0.4) is 0 Å². The standard InChI is InChI=1S/C14H15NO5/c16-10-2-1-9-8-15(5-6-20-11(9)7-10)12(17)14(3-4-14)13(18)19/h1-2,7,16H,3-6,8H2,(H,18,19). The molecule has 20 heavy (non-hydrogen) atoms. The molecule has 6 nitrogen and oxygen atoms in total. The first-order valence-corrected chi connectivity index (χ1v) is 6.50. The molecule has 1 amide bonds. The molecule has 2 N–H and O–H groups in total. The van der Waals surface area contributed by atoms with Gasteiger partial charge in [0, 0.05) is 18.2 Å². The van der Waals surface area contributed by atoms with E-state index in [2.05, 4.69) is 0 Å². The van der Waals surface area contributed by atoms with Crippen LogP contribution < -0.4 is 4.74 Å². The van der Waals surface area contributed by atoms with Gasteiger partial charge in [-0.1, -0.05) is 0 Å². The molecule has 0 atom stereocenters. The average molecular weight is 277 g/mol. The van der Waals surface area contributed by atoms with Gasteiger partial charge in [0.2, 0.25) is 5.91 Å². The van der Waals surface area contributed by atoms with E-state index in [0.717, 1.165) is 5.56 Å². The zero-order chi connectivity index (χ0) is 14.3. The van der Waals surface area contributed by atoms with Crippen molar-refractivity contribution in [2.24, 2.45) is 5.41 Å². The van der Waals surface area contributed by atoms with Crippen molar-refractivity contribution in [1.82, 2.24) is 4.90 Å². The second-order valence-corrected chi connectivity index (χ2v) is 5.25. The van der Waals surface area contributed by atoms with Crippen molar-refractivity contribution in [3.05, 3.63) is 23.8 Å². The Bertz CT molecular complexity index is 579. The number of carboxylic acid groups (broad SMARTS) is 1. The molecule has 6 heteroatoms. The number of aromatic hydroxyl groups is 1. The van der Waals surface area contributed by atoms with Crippen molar-refractivity contribution in [3.8, 4) is 11.5 Å². The third-order valence-electron chi connectivity index (χ3n) is 3.89. The maximum absolute atomic E-state index is 12.4. The van der Waals surface area contributed by atoms with Crippen molar-refractivity contribution in [2.75, 3.05) is 13.2 Å². The third kappa shape index (κ3) is 1.97. The quantitative estimate of drug-likeness (QED) is 0.787. The van der Waals surface area contributed by atoms with E-state index in [-0.39, 0.29) is 18.3 Å². The molecule has 1 saturated carbocycles. The molecule has 1 fully saturated rings. The van der Waals surface area contributed by atoms with Crippen molar-refractivity contribution in [3.63, 3.8) is 0 Å². The first kappa shape index (κ1) is 12.8. The Balaban J connectivity index is 1.84. The molecule has 1 aromatic rings. The fraction of sp³-hybridized carbons (Fsp3) is 0.429. The molecule has 0 saturated heterocycles. The number of aliphatic carboxylic acids is 1. The Morgan fingerprint density at radius 2 is 2.05 bits per heavy atom. The van der Waals surface area contributed by atoms with Gasteiger partial charge in [-0.2, -0.15) is 0 Å². The maximum Gasteiger partial charge on any atom is 0.319 e. The Morgan fingerprint density at radius 1 is 1.30 bits per heavy atom. The van der Waals surface area contributed by atoms with Crippen LogP contribution in [0, 0.1) is 5.41 Å². The second kappa shape index (κ2) is 4.40. The van der Waals surface area contributed by atoms with Gasteiger partial charge in [-0.3, -0.25) is 9.59 Å². The Labute approximate surface area is 115 Å². The molecule has 1 aliphatic carbocycles. The lowest BCUT2D eigenvalue weighted by molar-refractivity contribution is -0.153. The Hall–Kier alpha value is -2.24. The minimum Gasteiger partial charge on any atom is -0.508 e. The number of rotatable bonds is 2. The highest BCUT2D eigenvalue weighted by Gasteiger charge is 2.58. The van der Waals surface area contributed by atoms with Crippen LogP contribution in [0.25, 0.3) is 0 Å². The molecule has 106 valence electrons. The number of phenols is 1. The number of fused-ring (bicyclic) bond motifs is 1. The van der Waals surface area contributed by atoms with Gasteiger partial charge < -0.3 is 19.8 Å². The zero-order valence-electron chi connectivity index (χ0n) is 10.8. The lowest BCUT2D eigenvalue weighted by atomic mass is 10.1. The van der Waals surface area contributed by atoms with Crippen molar-refractivity contribution in [2.45, 2.75) is 19.4 Å². The van der Waals surface area contributed by atoms with Crippen LogP contribution in [-0.2, 0) is 16.1 Å². The fourth-order valence-corrected chi connectivity index (χ4v) is 2.48. The summed E-state index contributed by atoms with van der Waals surface area (Å²) < 4.78 is 5.50. The van der Waals surface area contributed by atoms with E-state index >= 15 is 0 Å². The highest BCUT2D eigenvalue weighted by Crippen LogP contribution is 2.48. The van der Waals surface area contributed by atoms with Gasteiger partial charge in [-0.15, -0.1) is 0 Å². The number of carbonyl (C=O) groups is 2. The first-order chi connectivity index (χ1) is 9.53. The van der Waals surface area contributed by atoms with Crippen LogP contribution in [0.15, 0.2) is 18.2 Å². The minimum atomic E-state index is -1.22. The summed E-state index contributed by atoms with van der Waals surface area (Å²) in [7, 11) is 0. The summed E-state index contributed by atoms with van der Waals surface area (Å²) >= 11 is 0. The fourth-order valence-electron chi connectivity index (χ4n) is 2.48. The number of nitrogens with zero attached hydrogens (tertiary/aromatic N) is 1. The van der Waals surface area contributed by atoms with E-state index in [1.165, 1.54) is 17.0 Å². The van der Waals surface area contributed by atoms with Crippen molar-refractivity contribution in [1.29, 1.82) is 0 Å². The topological polar surface area (TPSA) is 87.1 Å². The number of carbonyl (C=O) groups excluding carboxylic acids is 1. The molecule has 0 radical (unpaired) electrons. The molecule has 1 aliphatic heterocycles. The predicted octanol–water partition coefficient (Wildman–Crippen LogP) is 0.978. The summed E-state index contributed by atoms with van der Waals surface area (Å²) in [5.41, 5.74) is -0.448. The van der Waals surface area contributed by atoms with E-state index in [0.29, 0.717) is 31.7 Å². The summed E-state index contributed by atoms with van der Waals surface area (Å²) in [4.78, 5) is 25.2. The zero-order valence-corrected chi connectivity index (χ0v) is 10.8. The van der Waals surface area contributed by atoms with Gasteiger partial charge >= 0.3 is 5.97 Å². The molecule has 3 rings (SSSR count). The highest BCUT2D eigenvalue weighted by atomic mass is 16.5. The number of hydrogen-bond donors (Lipinski definition) is 2. The van der Waals surface area contributed by atoms with Gasteiger partial charge in [0.1, 0.15) is 23.5 Å². The summed E-state index contributed by atoms with van der Waals surface area (Å²) in [5, 5.41) is 18.6. The third-order valence-corrected chi connectivity index (χ3v) is 3.89. The largest absolute Gasteiger partial charge is 0.508 e. The van der Waals surface area contributed by atoms with Gasteiger partial charge in [0.25, 0.3) is 0 Å². The van der Waals surface area contributed by atoms with Gasteiger partial charge in [-0.05, 0) is 25.0 Å². The van der Waals surface area contributed by atoms with Crippen molar-refractivity contribution < 1.29 is 24.5 Å². The number of ether oxygens (including phenoxy) is 1. The van der Waals surface area contributed by atoms with Crippen LogP contribution >= 0.6 is 0 Å². The molecular weight excluding hydrogens is 262 g/mol. The van der Waals surface area contributed by atoms with E-state index in [9.17, 15) is 19.8 Å². The molecule has 0 bridgehead atoms. The molecule has 2 aliphatic rings. The first-order valence-electron chi connectivity index (χ1n) is 6.50. The summed E-state index contributed by atoms with van der Waals surface area (Å²) in [5.74, 6) is -0.735. The molecule has 1 aromatic carbocycles. The van der Waals surface area contributed by atoms with Crippen LogP contribution in [0.5, 0.6) is 11.5 Å². The van der Waals surface area contributed by atoms with Crippen LogP contribution in [0.2, 0.25) is 0 Å². The lowest BCUT2D eigenvalue weighted by Crippen LogP contribution is -2.41. The maximum atomic E-state index is 12.4. The van der Waals surface area contributed by atoms with Crippen LogP contribution in [-0.4, -0.2) is 40.1 Å². The van der Waals surface area contributed by atoms with Crippen molar-refractivity contribution >= 4 is 11.9 Å². The number of amides is 1. The molecule has 0 unspecified atom stereocenters.